The minimum Gasteiger partial charge on any atom is -0.489 e. The molecule has 0 spiro atoms. The molecule has 0 unspecified atom stereocenters. The minimum absolute atomic E-state index is 0.193. The molecule has 0 aliphatic heterocycles. The van der Waals surface area contributed by atoms with Crippen LogP contribution in [0.25, 0.3) is 22.3 Å². The van der Waals surface area contributed by atoms with Gasteiger partial charge in [-0.2, -0.15) is 5.26 Å². The predicted octanol–water partition coefficient (Wildman–Crippen LogP) is 5.59. The van der Waals surface area contributed by atoms with Gasteiger partial charge in [-0.3, -0.25) is 0 Å². The van der Waals surface area contributed by atoms with E-state index in [1.165, 1.54) is 12.1 Å². The number of anilines is 1. The molecule has 1 aromatic heterocycles. The molecule has 0 saturated heterocycles. The summed E-state index contributed by atoms with van der Waals surface area (Å²) in [7, 11) is 0. The molecular formula is C25H18FN3O. The first-order valence-electron chi connectivity index (χ1n) is 9.37. The van der Waals surface area contributed by atoms with Crippen molar-refractivity contribution in [2.24, 2.45) is 0 Å². The monoisotopic (exact) mass is 395 g/mol. The van der Waals surface area contributed by atoms with Crippen LogP contribution in [0.2, 0.25) is 0 Å². The maximum atomic E-state index is 13.3. The molecular weight excluding hydrogens is 377 g/mol. The van der Waals surface area contributed by atoms with Crippen molar-refractivity contribution >= 4 is 5.82 Å². The first kappa shape index (κ1) is 19.2. The number of hydrogen-bond donors (Lipinski definition) is 1. The Balaban J connectivity index is 1.67. The van der Waals surface area contributed by atoms with Crippen LogP contribution in [-0.4, -0.2) is 4.98 Å². The fourth-order valence-electron chi connectivity index (χ4n) is 3.29. The average Bonchev–Trinajstić information content (AvgIpc) is 2.78. The lowest BCUT2D eigenvalue weighted by Crippen LogP contribution is -2.00. The number of nitrogen functional groups attached to an aromatic ring is 1. The van der Waals surface area contributed by atoms with Crippen molar-refractivity contribution in [2.75, 3.05) is 5.73 Å². The molecule has 3 aromatic carbocycles. The maximum absolute atomic E-state index is 13.3. The van der Waals surface area contributed by atoms with Crippen LogP contribution >= 0.6 is 0 Å². The number of ether oxygens (including phenoxy) is 1. The van der Waals surface area contributed by atoms with E-state index in [2.05, 4.69) is 11.1 Å². The first-order chi connectivity index (χ1) is 14.7. The Labute approximate surface area is 174 Å². The molecule has 0 amide bonds. The fourth-order valence-corrected chi connectivity index (χ4v) is 3.29. The summed E-state index contributed by atoms with van der Waals surface area (Å²) >= 11 is 0. The topological polar surface area (TPSA) is 71.9 Å². The molecule has 0 fully saturated rings. The van der Waals surface area contributed by atoms with Crippen molar-refractivity contribution in [3.8, 4) is 34.1 Å². The lowest BCUT2D eigenvalue weighted by Gasteiger charge is -2.14. The third-order valence-electron chi connectivity index (χ3n) is 4.74. The summed E-state index contributed by atoms with van der Waals surface area (Å²) in [5, 5.41) is 9.69. The molecule has 0 saturated carbocycles. The second-order valence-corrected chi connectivity index (χ2v) is 6.73. The van der Waals surface area contributed by atoms with Crippen molar-refractivity contribution in [3.63, 3.8) is 0 Å². The van der Waals surface area contributed by atoms with E-state index in [-0.39, 0.29) is 18.2 Å². The summed E-state index contributed by atoms with van der Waals surface area (Å²) < 4.78 is 19.1. The largest absolute Gasteiger partial charge is 0.489 e. The fraction of sp³-hybridized carbons (Fsp3) is 0.0400. The highest BCUT2D eigenvalue weighted by atomic mass is 19.1. The van der Waals surface area contributed by atoms with Crippen LogP contribution in [0.4, 0.5) is 10.2 Å². The molecule has 0 aliphatic rings. The molecule has 0 aliphatic carbocycles. The van der Waals surface area contributed by atoms with E-state index in [0.717, 1.165) is 27.8 Å². The van der Waals surface area contributed by atoms with Crippen LogP contribution in [0.15, 0.2) is 85.1 Å². The van der Waals surface area contributed by atoms with Gasteiger partial charge < -0.3 is 10.5 Å². The van der Waals surface area contributed by atoms with Crippen LogP contribution in [0, 0.1) is 17.1 Å². The normalized spacial score (nSPS) is 10.4. The molecule has 1 heterocycles. The molecule has 5 heteroatoms. The Morgan fingerprint density at radius 1 is 0.933 bits per heavy atom. The van der Waals surface area contributed by atoms with Gasteiger partial charge in [0.05, 0.1) is 0 Å². The van der Waals surface area contributed by atoms with E-state index >= 15 is 0 Å². The summed E-state index contributed by atoms with van der Waals surface area (Å²) in [5.74, 6) is 0.544. The molecule has 4 aromatic rings. The zero-order chi connectivity index (χ0) is 20.9. The van der Waals surface area contributed by atoms with Gasteiger partial charge in [0.1, 0.15) is 35.6 Å². The van der Waals surface area contributed by atoms with E-state index in [9.17, 15) is 9.65 Å². The zero-order valence-electron chi connectivity index (χ0n) is 16.0. The van der Waals surface area contributed by atoms with Gasteiger partial charge in [0.25, 0.3) is 0 Å². The Kier molecular flexibility index (Phi) is 5.40. The SMILES string of the molecule is N#Cc1c(N)ncc(-c2ccccc2)c1-c1ccc(OCc2cccc(F)c2)cc1. The van der Waals surface area contributed by atoms with Gasteiger partial charge in [0.15, 0.2) is 0 Å². The molecule has 30 heavy (non-hydrogen) atoms. The van der Waals surface area contributed by atoms with Gasteiger partial charge in [-0.1, -0.05) is 54.6 Å². The lowest BCUT2D eigenvalue weighted by atomic mass is 9.92. The standard InChI is InChI=1S/C25H18FN3O/c26-20-8-4-5-17(13-20)16-30-21-11-9-19(10-12-21)24-22(14-27)25(28)29-15-23(24)18-6-2-1-3-7-18/h1-13,15H,16H2,(H2,28,29). The average molecular weight is 395 g/mol. The van der Waals surface area contributed by atoms with Crippen LogP contribution in [0.1, 0.15) is 11.1 Å². The first-order valence-corrected chi connectivity index (χ1v) is 9.37. The van der Waals surface area contributed by atoms with E-state index < -0.39 is 0 Å². The van der Waals surface area contributed by atoms with Gasteiger partial charge in [-0.05, 0) is 41.0 Å². The number of rotatable bonds is 5. The Morgan fingerprint density at radius 2 is 1.70 bits per heavy atom. The minimum atomic E-state index is -0.292. The molecule has 4 nitrogen and oxygen atoms in total. The molecule has 4 rings (SSSR count). The van der Waals surface area contributed by atoms with Crippen LogP contribution in [0.5, 0.6) is 5.75 Å². The molecule has 0 radical (unpaired) electrons. The Bertz CT molecular complexity index is 1220. The highest BCUT2D eigenvalue weighted by Gasteiger charge is 2.16. The van der Waals surface area contributed by atoms with Crippen molar-refractivity contribution < 1.29 is 9.13 Å². The zero-order valence-corrected chi connectivity index (χ0v) is 16.0. The van der Waals surface area contributed by atoms with Crippen molar-refractivity contribution in [2.45, 2.75) is 6.61 Å². The van der Waals surface area contributed by atoms with Crippen molar-refractivity contribution in [1.29, 1.82) is 5.26 Å². The number of pyridine rings is 1. The van der Waals surface area contributed by atoms with Gasteiger partial charge in [-0.25, -0.2) is 9.37 Å². The molecule has 2 N–H and O–H groups in total. The number of halogens is 1. The molecule has 0 atom stereocenters. The summed E-state index contributed by atoms with van der Waals surface area (Å²) in [6.07, 6.45) is 1.69. The Morgan fingerprint density at radius 3 is 2.40 bits per heavy atom. The van der Waals surface area contributed by atoms with E-state index in [1.807, 2.05) is 60.7 Å². The molecule has 146 valence electrons. The molecule has 0 bridgehead atoms. The van der Waals surface area contributed by atoms with Gasteiger partial charge in [0.2, 0.25) is 0 Å². The van der Waals surface area contributed by atoms with Crippen LogP contribution < -0.4 is 10.5 Å². The number of aromatic nitrogens is 1. The van der Waals surface area contributed by atoms with Gasteiger partial charge in [0, 0.05) is 17.3 Å². The summed E-state index contributed by atoms with van der Waals surface area (Å²) in [5.41, 5.74) is 10.4. The number of nitrogens with two attached hydrogens (primary N) is 1. The Hall–Kier alpha value is -4.17. The summed E-state index contributed by atoms with van der Waals surface area (Å²) in [6, 6.07) is 25.6. The van der Waals surface area contributed by atoms with Gasteiger partial charge >= 0.3 is 0 Å². The number of nitriles is 1. The van der Waals surface area contributed by atoms with Gasteiger partial charge in [-0.15, -0.1) is 0 Å². The van der Waals surface area contributed by atoms with Crippen LogP contribution in [-0.2, 0) is 6.61 Å². The van der Waals surface area contributed by atoms with Crippen LogP contribution in [0.3, 0.4) is 0 Å². The maximum Gasteiger partial charge on any atom is 0.141 e. The highest BCUT2D eigenvalue weighted by molar-refractivity contribution is 5.89. The third kappa shape index (κ3) is 3.98. The summed E-state index contributed by atoms with van der Waals surface area (Å²) in [4.78, 5) is 4.20. The van der Waals surface area contributed by atoms with E-state index in [4.69, 9.17) is 10.5 Å². The number of benzene rings is 3. The quantitative estimate of drug-likeness (QED) is 0.478. The number of hydrogen-bond acceptors (Lipinski definition) is 4. The lowest BCUT2D eigenvalue weighted by molar-refractivity contribution is 0.305. The third-order valence-corrected chi connectivity index (χ3v) is 4.74. The smallest absolute Gasteiger partial charge is 0.141 e. The van der Waals surface area contributed by atoms with Crippen molar-refractivity contribution in [1.82, 2.24) is 4.98 Å². The van der Waals surface area contributed by atoms with Crippen molar-refractivity contribution in [3.05, 3.63) is 102 Å². The van der Waals surface area contributed by atoms with E-state index in [0.29, 0.717) is 11.3 Å². The number of nitrogens with zero attached hydrogens (tertiary/aromatic N) is 2. The second kappa shape index (κ2) is 8.46. The highest BCUT2D eigenvalue weighted by Crippen LogP contribution is 2.36. The summed E-state index contributed by atoms with van der Waals surface area (Å²) in [6.45, 7) is 0.262. The second-order valence-electron chi connectivity index (χ2n) is 6.73. The van der Waals surface area contributed by atoms with E-state index in [1.54, 1.807) is 12.3 Å². The predicted molar refractivity (Wildman–Crippen MR) is 115 cm³/mol.